The van der Waals surface area contributed by atoms with E-state index in [1.807, 2.05) is 54.2 Å². The summed E-state index contributed by atoms with van der Waals surface area (Å²) >= 11 is 0. The fraction of sp³-hybridized carbons (Fsp3) is 0.200. The molecule has 6 rings (SSSR count). The van der Waals surface area contributed by atoms with E-state index < -0.39 is 0 Å². The van der Waals surface area contributed by atoms with Crippen LogP contribution in [-0.2, 0) is 6.54 Å². The van der Waals surface area contributed by atoms with Gasteiger partial charge in [0.1, 0.15) is 5.52 Å². The highest BCUT2D eigenvalue weighted by Gasteiger charge is 2.27. The molecule has 5 aromatic rings. The molecule has 0 atom stereocenters. The second-order valence-corrected chi connectivity index (χ2v) is 8.38. The number of rotatable bonds is 5. The maximum Gasteiger partial charge on any atom is 0.328 e. The van der Waals surface area contributed by atoms with Crippen molar-refractivity contribution in [2.24, 2.45) is 0 Å². The van der Waals surface area contributed by atoms with Gasteiger partial charge in [-0.2, -0.15) is 5.10 Å². The molecule has 1 fully saturated rings. The highest BCUT2D eigenvalue weighted by Crippen LogP contribution is 2.43. The number of H-pyrrole nitrogens is 1. The number of hydrogen-bond acceptors (Lipinski definition) is 4. The summed E-state index contributed by atoms with van der Waals surface area (Å²) in [7, 11) is 0. The van der Waals surface area contributed by atoms with Crippen molar-refractivity contribution in [3.8, 4) is 17.1 Å². The van der Waals surface area contributed by atoms with Crippen molar-refractivity contribution in [1.82, 2.24) is 29.3 Å². The third kappa shape index (κ3) is 3.32. The largest absolute Gasteiger partial charge is 0.328 e. The fourth-order valence-electron chi connectivity index (χ4n) is 4.17. The van der Waals surface area contributed by atoms with Gasteiger partial charge >= 0.3 is 5.69 Å². The Balaban J connectivity index is 1.36. The van der Waals surface area contributed by atoms with Crippen molar-refractivity contribution in [1.29, 1.82) is 0 Å². The number of aromatic amines is 1. The predicted octanol–water partition coefficient (Wildman–Crippen LogP) is 4.21. The lowest BCUT2D eigenvalue weighted by molar-refractivity contribution is 0.776. The van der Waals surface area contributed by atoms with E-state index in [4.69, 9.17) is 4.98 Å². The first-order valence-corrected chi connectivity index (χ1v) is 10.8. The first-order chi connectivity index (χ1) is 15.7. The standard InChI is InChI=1S/C25H22N6O/c1-16-12-13-31(29-16)19-10-6-17(7-11-19)15-30-24-22(27-25(30)32)14-26-23(28-24)21-5-3-2-4-20(21)18-8-9-18/h2-7,10-14,18H,8-9,15H2,1H3,(H,27,32). The Morgan fingerprint density at radius 3 is 2.62 bits per heavy atom. The van der Waals surface area contributed by atoms with Gasteiger partial charge in [0, 0.05) is 11.8 Å². The summed E-state index contributed by atoms with van der Waals surface area (Å²) in [4.78, 5) is 24.9. The Kier molecular flexibility index (Phi) is 4.28. The summed E-state index contributed by atoms with van der Waals surface area (Å²) in [6.07, 6.45) is 6.07. The Morgan fingerprint density at radius 2 is 1.88 bits per heavy atom. The van der Waals surface area contributed by atoms with E-state index in [-0.39, 0.29) is 5.69 Å². The van der Waals surface area contributed by atoms with Crippen molar-refractivity contribution in [3.05, 3.63) is 94.3 Å². The average Bonchev–Trinajstić information content (AvgIpc) is 3.51. The van der Waals surface area contributed by atoms with Gasteiger partial charge in [0.05, 0.1) is 24.1 Å². The minimum absolute atomic E-state index is 0.186. The Hall–Kier alpha value is -4.00. The van der Waals surface area contributed by atoms with E-state index in [1.165, 1.54) is 18.4 Å². The number of benzene rings is 2. The molecule has 0 aliphatic heterocycles. The quantitative estimate of drug-likeness (QED) is 0.460. The second-order valence-electron chi connectivity index (χ2n) is 8.38. The first kappa shape index (κ1) is 18.7. The summed E-state index contributed by atoms with van der Waals surface area (Å²) < 4.78 is 3.51. The third-order valence-corrected chi connectivity index (χ3v) is 5.99. The monoisotopic (exact) mass is 422 g/mol. The van der Waals surface area contributed by atoms with Gasteiger partial charge in [0.25, 0.3) is 0 Å². The number of fused-ring (bicyclic) bond motifs is 1. The zero-order valence-corrected chi connectivity index (χ0v) is 17.7. The molecule has 0 radical (unpaired) electrons. The molecule has 7 heteroatoms. The summed E-state index contributed by atoms with van der Waals surface area (Å²) in [5.74, 6) is 1.26. The van der Waals surface area contributed by atoms with E-state index in [2.05, 4.69) is 33.3 Å². The average molecular weight is 422 g/mol. The summed E-state index contributed by atoms with van der Waals surface area (Å²) in [5, 5.41) is 4.44. The SMILES string of the molecule is Cc1ccn(-c2ccc(Cn3c(=O)[nH]c4cnc(-c5ccccc5C5CC5)nc43)cc2)n1. The zero-order valence-electron chi connectivity index (χ0n) is 17.7. The molecule has 2 aromatic carbocycles. The van der Waals surface area contributed by atoms with Crippen molar-refractivity contribution in [2.75, 3.05) is 0 Å². The Bertz CT molecular complexity index is 1490. The van der Waals surface area contributed by atoms with Crippen LogP contribution >= 0.6 is 0 Å². The van der Waals surface area contributed by atoms with Gasteiger partial charge in [0.15, 0.2) is 11.5 Å². The molecule has 32 heavy (non-hydrogen) atoms. The van der Waals surface area contributed by atoms with Crippen LogP contribution in [-0.4, -0.2) is 29.3 Å². The summed E-state index contributed by atoms with van der Waals surface area (Å²) in [6, 6.07) is 18.3. The van der Waals surface area contributed by atoms with Crippen LogP contribution in [0, 0.1) is 6.92 Å². The van der Waals surface area contributed by atoms with Crippen molar-refractivity contribution < 1.29 is 0 Å². The molecule has 1 aliphatic carbocycles. The maximum atomic E-state index is 12.7. The molecule has 0 bridgehead atoms. The highest BCUT2D eigenvalue weighted by molar-refractivity contribution is 5.74. The molecule has 0 unspecified atom stereocenters. The predicted molar refractivity (Wildman–Crippen MR) is 123 cm³/mol. The van der Waals surface area contributed by atoms with Crippen LogP contribution in [0.3, 0.4) is 0 Å². The van der Waals surface area contributed by atoms with Crippen molar-refractivity contribution >= 4 is 11.2 Å². The smallest absolute Gasteiger partial charge is 0.303 e. The lowest BCUT2D eigenvalue weighted by Crippen LogP contribution is -2.17. The zero-order chi connectivity index (χ0) is 21.7. The molecule has 1 saturated carbocycles. The molecule has 7 nitrogen and oxygen atoms in total. The van der Waals surface area contributed by atoms with Crippen LogP contribution < -0.4 is 5.69 Å². The summed E-state index contributed by atoms with van der Waals surface area (Å²) in [5.41, 5.74) is 6.39. The van der Waals surface area contributed by atoms with Gasteiger partial charge in [-0.05, 0) is 55.0 Å². The van der Waals surface area contributed by atoms with Gasteiger partial charge in [-0.25, -0.2) is 19.4 Å². The van der Waals surface area contributed by atoms with Crippen LogP contribution in [0.1, 0.15) is 35.6 Å². The lowest BCUT2D eigenvalue weighted by Gasteiger charge is -2.08. The number of aryl methyl sites for hydroxylation is 1. The molecule has 1 aliphatic rings. The Morgan fingerprint density at radius 1 is 1.06 bits per heavy atom. The van der Waals surface area contributed by atoms with Crippen LogP contribution in [0.15, 0.2) is 71.8 Å². The fourth-order valence-corrected chi connectivity index (χ4v) is 4.17. The number of imidazole rings is 1. The molecule has 158 valence electrons. The maximum absolute atomic E-state index is 12.7. The molecule has 0 amide bonds. The second kappa shape index (κ2) is 7.30. The van der Waals surface area contributed by atoms with Crippen LogP contribution in [0.2, 0.25) is 0 Å². The van der Waals surface area contributed by atoms with Crippen LogP contribution in [0.5, 0.6) is 0 Å². The topological polar surface area (TPSA) is 81.4 Å². The number of nitrogens with one attached hydrogen (secondary N) is 1. The minimum atomic E-state index is -0.186. The molecule has 0 spiro atoms. The minimum Gasteiger partial charge on any atom is -0.303 e. The van der Waals surface area contributed by atoms with Crippen molar-refractivity contribution in [3.63, 3.8) is 0 Å². The van der Waals surface area contributed by atoms with E-state index in [1.54, 1.807) is 10.8 Å². The van der Waals surface area contributed by atoms with Gasteiger partial charge in [-0.15, -0.1) is 0 Å². The van der Waals surface area contributed by atoms with Crippen LogP contribution in [0.25, 0.3) is 28.2 Å². The van der Waals surface area contributed by atoms with E-state index in [9.17, 15) is 4.79 Å². The highest BCUT2D eigenvalue weighted by atomic mass is 16.1. The molecular weight excluding hydrogens is 400 g/mol. The molecule has 3 heterocycles. The first-order valence-electron chi connectivity index (χ1n) is 10.8. The van der Waals surface area contributed by atoms with E-state index in [0.717, 1.165) is 22.5 Å². The Labute approximate surface area is 184 Å². The van der Waals surface area contributed by atoms with E-state index in [0.29, 0.717) is 29.5 Å². The van der Waals surface area contributed by atoms with Gasteiger partial charge < -0.3 is 4.98 Å². The number of aromatic nitrogens is 6. The molecule has 1 N–H and O–H groups in total. The lowest BCUT2D eigenvalue weighted by atomic mass is 10.0. The third-order valence-electron chi connectivity index (χ3n) is 5.99. The van der Waals surface area contributed by atoms with Crippen LogP contribution in [0.4, 0.5) is 0 Å². The number of nitrogens with zero attached hydrogens (tertiary/aromatic N) is 5. The van der Waals surface area contributed by atoms with Gasteiger partial charge in [-0.1, -0.05) is 36.4 Å². The normalized spacial score (nSPS) is 13.7. The molecule has 0 saturated heterocycles. The summed E-state index contributed by atoms with van der Waals surface area (Å²) in [6.45, 7) is 2.39. The van der Waals surface area contributed by atoms with Crippen molar-refractivity contribution in [2.45, 2.75) is 32.2 Å². The van der Waals surface area contributed by atoms with Gasteiger partial charge in [-0.3, -0.25) is 4.57 Å². The van der Waals surface area contributed by atoms with E-state index >= 15 is 0 Å². The number of hydrogen-bond donors (Lipinski definition) is 1. The molecular formula is C25H22N6O. The molecule has 3 aromatic heterocycles. The van der Waals surface area contributed by atoms with Gasteiger partial charge in [0.2, 0.25) is 0 Å².